The zero-order valence-electron chi connectivity index (χ0n) is 10.2. The lowest BCUT2D eigenvalue weighted by atomic mass is 10.2. The van der Waals surface area contributed by atoms with Crippen LogP contribution in [0.1, 0.15) is 36.5 Å². The molecule has 17 heavy (non-hydrogen) atoms. The molecule has 0 aromatic carbocycles. The number of hydrogen-bond acceptors (Lipinski definition) is 3. The Morgan fingerprint density at radius 3 is 2.59 bits per heavy atom. The van der Waals surface area contributed by atoms with E-state index in [1.54, 1.807) is 20.0 Å². The molecule has 0 saturated carbocycles. The van der Waals surface area contributed by atoms with E-state index in [0.29, 0.717) is 12.1 Å². The van der Waals surface area contributed by atoms with Gasteiger partial charge in [0.25, 0.3) is 5.91 Å². The van der Waals surface area contributed by atoms with Crippen molar-refractivity contribution in [3.63, 3.8) is 0 Å². The maximum atomic E-state index is 11.8. The number of nitrogens with one attached hydrogen (secondary N) is 1. The maximum Gasteiger partial charge on any atom is 0.326 e. The molecule has 2 N–H and O–H groups in total. The second-order valence-electron chi connectivity index (χ2n) is 3.77. The molecule has 1 rings (SSSR count). The lowest BCUT2D eigenvalue weighted by Gasteiger charge is -2.11. The van der Waals surface area contributed by atoms with Crippen LogP contribution in [0.5, 0.6) is 0 Å². The quantitative estimate of drug-likeness (QED) is 0.787. The van der Waals surface area contributed by atoms with Gasteiger partial charge in [0, 0.05) is 7.05 Å². The highest BCUT2D eigenvalue weighted by Gasteiger charge is 2.20. The molecule has 1 aromatic heterocycles. The van der Waals surface area contributed by atoms with Crippen LogP contribution in [0.15, 0.2) is 6.07 Å². The van der Waals surface area contributed by atoms with Gasteiger partial charge in [-0.25, -0.2) is 4.79 Å². The Labute approximate surface area is 99.6 Å². The van der Waals surface area contributed by atoms with Crippen LogP contribution < -0.4 is 5.32 Å². The van der Waals surface area contributed by atoms with Crippen LogP contribution in [-0.4, -0.2) is 32.8 Å². The van der Waals surface area contributed by atoms with Gasteiger partial charge in [-0.3, -0.25) is 9.48 Å². The summed E-state index contributed by atoms with van der Waals surface area (Å²) in [5.41, 5.74) is 1.18. The van der Waals surface area contributed by atoms with E-state index in [-0.39, 0.29) is 0 Å². The molecule has 0 saturated heterocycles. The van der Waals surface area contributed by atoms with Gasteiger partial charge in [0.15, 0.2) is 0 Å². The Balaban J connectivity index is 2.82. The molecule has 0 spiro atoms. The van der Waals surface area contributed by atoms with Crippen molar-refractivity contribution in [2.45, 2.75) is 32.7 Å². The first kappa shape index (κ1) is 13.2. The molecule has 0 aliphatic rings. The highest BCUT2D eigenvalue weighted by molar-refractivity contribution is 5.95. The van der Waals surface area contributed by atoms with Crippen molar-refractivity contribution in [2.75, 3.05) is 0 Å². The molecule has 6 heteroatoms. The molecule has 0 bridgehead atoms. The fourth-order valence-electron chi connectivity index (χ4n) is 1.48. The summed E-state index contributed by atoms with van der Waals surface area (Å²) < 4.78 is 1.46. The standard InChI is InChI=1S/C11H17N3O3/c1-4-7-6-9(14(3)13-7)10(15)12-8(5-2)11(16)17/h6,8H,4-5H2,1-3H3,(H,12,15)(H,16,17). The lowest BCUT2D eigenvalue weighted by molar-refractivity contribution is -0.139. The number of aromatic nitrogens is 2. The molecular formula is C11H17N3O3. The van der Waals surface area contributed by atoms with E-state index in [1.165, 1.54) is 4.68 Å². The minimum Gasteiger partial charge on any atom is -0.480 e. The van der Waals surface area contributed by atoms with Crippen LogP contribution in [0.2, 0.25) is 0 Å². The number of carbonyl (C=O) groups is 2. The highest BCUT2D eigenvalue weighted by Crippen LogP contribution is 2.04. The smallest absolute Gasteiger partial charge is 0.326 e. The Kier molecular flexibility index (Phi) is 4.25. The molecule has 0 aliphatic carbocycles. The Morgan fingerprint density at radius 2 is 2.18 bits per heavy atom. The third-order valence-electron chi connectivity index (χ3n) is 2.54. The second-order valence-corrected chi connectivity index (χ2v) is 3.77. The number of hydrogen-bond donors (Lipinski definition) is 2. The third kappa shape index (κ3) is 3.05. The number of carbonyl (C=O) groups excluding carboxylic acids is 1. The fraction of sp³-hybridized carbons (Fsp3) is 0.545. The monoisotopic (exact) mass is 239 g/mol. The van der Waals surface area contributed by atoms with Crippen LogP contribution in [-0.2, 0) is 18.3 Å². The van der Waals surface area contributed by atoms with Gasteiger partial charge in [-0.1, -0.05) is 13.8 Å². The Bertz CT molecular complexity index is 426. The van der Waals surface area contributed by atoms with E-state index in [2.05, 4.69) is 10.4 Å². The Morgan fingerprint density at radius 1 is 1.53 bits per heavy atom. The second kappa shape index (κ2) is 5.47. The van der Waals surface area contributed by atoms with Crippen molar-refractivity contribution in [1.82, 2.24) is 15.1 Å². The van der Waals surface area contributed by atoms with Crippen LogP contribution in [0, 0.1) is 0 Å². The zero-order chi connectivity index (χ0) is 13.0. The number of carboxylic acid groups (broad SMARTS) is 1. The average molecular weight is 239 g/mol. The Hall–Kier alpha value is -1.85. The first-order chi connectivity index (χ1) is 7.99. The van der Waals surface area contributed by atoms with Gasteiger partial charge >= 0.3 is 5.97 Å². The van der Waals surface area contributed by atoms with Crippen molar-refractivity contribution >= 4 is 11.9 Å². The normalized spacial score (nSPS) is 12.2. The highest BCUT2D eigenvalue weighted by atomic mass is 16.4. The van der Waals surface area contributed by atoms with Crippen molar-refractivity contribution in [2.24, 2.45) is 7.05 Å². The van der Waals surface area contributed by atoms with Crippen LogP contribution in [0.25, 0.3) is 0 Å². The topological polar surface area (TPSA) is 84.2 Å². The predicted molar refractivity (Wildman–Crippen MR) is 61.8 cm³/mol. The van der Waals surface area contributed by atoms with Crippen LogP contribution in [0.3, 0.4) is 0 Å². The van der Waals surface area contributed by atoms with Gasteiger partial charge in [-0.05, 0) is 18.9 Å². The number of nitrogens with zero attached hydrogens (tertiary/aromatic N) is 2. The van der Waals surface area contributed by atoms with Crippen LogP contribution >= 0.6 is 0 Å². The van der Waals surface area contributed by atoms with Crippen LogP contribution in [0.4, 0.5) is 0 Å². The van der Waals surface area contributed by atoms with Crippen molar-refractivity contribution < 1.29 is 14.7 Å². The zero-order valence-corrected chi connectivity index (χ0v) is 10.2. The summed E-state index contributed by atoms with van der Waals surface area (Å²) in [6, 6.07) is 0.812. The summed E-state index contributed by atoms with van der Waals surface area (Å²) in [6.45, 7) is 3.65. The van der Waals surface area contributed by atoms with E-state index < -0.39 is 17.9 Å². The van der Waals surface area contributed by atoms with E-state index >= 15 is 0 Å². The summed E-state index contributed by atoms with van der Waals surface area (Å²) in [4.78, 5) is 22.6. The molecular weight excluding hydrogens is 222 g/mol. The first-order valence-electron chi connectivity index (χ1n) is 5.56. The molecule has 1 amide bonds. The fourth-order valence-corrected chi connectivity index (χ4v) is 1.48. The minimum absolute atomic E-state index is 0.347. The van der Waals surface area contributed by atoms with E-state index in [9.17, 15) is 9.59 Å². The predicted octanol–water partition coefficient (Wildman–Crippen LogP) is 0.575. The number of carboxylic acids is 1. The summed E-state index contributed by atoms with van der Waals surface area (Å²) in [5, 5.41) is 15.5. The number of aliphatic carboxylic acids is 1. The van der Waals surface area contributed by atoms with E-state index in [1.807, 2.05) is 6.92 Å². The summed E-state index contributed by atoms with van der Waals surface area (Å²) in [6.07, 6.45) is 1.08. The van der Waals surface area contributed by atoms with Crippen molar-refractivity contribution in [3.8, 4) is 0 Å². The number of aryl methyl sites for hydroxylation is 2. The number of rotatable bonds is 5. The van der Waals surface area contributed by atoms with Gasteiger partial charge < -0.3 is 10.4 Å². The van der Waals surface area contributed by atoms with Crippen molar-refractivity contribution in [1.29, 1.82) is 0 Å². The van der Waals surface area contributed by atoms with Gasteiger partial charge in [-0.15, -0.1) is 0 Å². The average Bonchev–Trinajstić information content (AvgIpc) is 2.66. The maximum absolute atomic E-state index is 11.8. The molecule has 6 nitrogen and oxygen atoms in total. The third-order valence-corrected chi connectivity index (χ3v) is 2.54. The molecule has 1 heterocycles. The van der Waals surface area contributed by atoms with Gasteiger partial charge in [0.2, 0.25) is 0 Å². The van der Waals surface area contributed by atoms with E-state index in [0.717, 1.165) is 12.1 Å². The molecule has 1 unspecified atom stereocenters. The van der Waals surface area contributed by atoms with Crippen molar-refractivity contribution in [3.05, 3.63) is 17.5 Å². The first-order valence-corrected chi connectivity index (χ1v) is 5.56. The SMILES string of the molecule is CCc1cc(C(=O)NC(CC)C(=O)O)n(C)n1. The summed E-state index contributed by atoms with van der Waals surface area (Å²) >= 11 is 0. The number of amides is 1. The largest absolute Gasteiger partial charge is 0.480 e. The molecule has 0 radical (unpaired) electrons. The molecule has 0 fully saturated rings. The minimum atomic E-state index is -1.03. The van der Waals surface area contributed by atoms with Gasteiger partial charge in [-0.2, -0.15) is 5.10 Å². The van der Waals surface area contributed by atoms with Gasteiger partial charge in [0.1, 0.15) is 11.7 Å². The summed E-state index contributed by atoms with van der Waals surface area (Å²) in [7, 11) is 1.66. The molecule has 94 valence electrons. The summed E-state index contributed by atoms with van der Waals surface area (Å²) in [5.74, 6) is -1.44. The lowest BCUT2D eigenvalue weighted by Crippen LogP contribution is -2.40. The molecule has 1 aromatic rings. The van der Waals surface area contributed by atoms with E-state index in [4.69, 9.17) is 5.11 Å². The molecule has 0 aliphatic heterocycles. The molecule has 1 atom stereocenters. The van der Waals surface area contributed by atoms with Gasteiger partial charge in [0.05, 0.1) is 5.69 Å².